The quantitative estimate of drug-likeness (QED) is 0.650. The minimum atomic E-state index is -2.87. The Balaban J connectivity index is 2.45. The summed E-state index contributed by atoms with van der Waals surface area (Å²) in [5.41, 5.74) is 0.851. The molecule has 0 unspecified atom stereocenters. The molecule has 0 atom stereocenters. The summed E-state index contributed by atoms with van der Waals surface area (Å²) in [6.07, 6.45) is 2.74. The average Bonchev–Trinajstić information content (AvgIpc) is 2.42. The minimum absolute atomic E-state index is 0.0436. The Morgan fingerprint density at radius 2 is 2.00 bits per heavy atom. The lowest BCUT2D eigenvalue weighted by atomic mass is 10.2. The number of alkyl halides is 2. The van der Waals surface area contributed by atoms with Gasteiger partial charge in [-0.15, -0.1) is 0 Å². The second-order valence-corrected chi connectivity index (χ2v) is 4.32. The Morgan fingerprint density at radius 1 is 1.20 bits per heavy atom. The predicted octanol–water partition coefficient (Wildman–Crippen LogP) is 2.55. The van der Waals surface area contributed by atoms with Gasteiger partial charge in [-0.1, -0.05) is 6.07 Å². The Hall–Kier alpha value is -1.40. The van der Waals surface area contributed by atoms with Gasteiger partial charge in [-0.25, -0.2) is 0 Å². The fourth-order valence-electron chi connectivity index (χ4n) is 1.79. The van der Waals surface area contributed by atoms with E-state index >= 15 is 0 Å². The fourth-order valence-corrected chi connectivity index (χ4v) is 1.79. The Bertz CT molecular complexity index is 389. The van der Waals surface area contributed by atoms with Crippen molar-refractivity contribution in [2.24, 2.45) is 0 Å². The number of methoxy groups -OCH3 is 1. The van der Waals surface area contributed by atoms with Crippen LogP contribution in [0.3, 0.4) is 0 Å². The highest BCUT2D eigenvalue weighted by Gasteiger charge is 2.11. The van der Waals surface area contributed by atoms with Gasteiger partial charge in [-0.05, 0) is 43.5 Å². The van der Waals surface area contributed by atoms with Crippen LogP contribution in [0.2, 0.25) is 0 Å². The van der Waals surface area contributed by atoms with E-state index in [1.54, 1.807) is 18.2 Å². The number of ether oxygens (including phenoxy) is 2. The summed E-state index contributed by atoms with van der Waals surface area (Å²) in [5, 5.41) is 11.9. The average molecular weight is 289 g/mol. The highest BCUT2D eigenvalue weighted by molar-refractivity contribution is 5.42. The molecule has 6 heteroatoms. The number of unbranched alkanes of at least 4 members (excludes halogenated alkanes) is 2. The molecule has 0 spiro atoms. The van der Waals surface area contributed by atoms with E-state index in [1.165, 1.54) is 7.11 Å². The zero-order valence-corrected chi connectivity index (χ0v) is 11.6. The van der Waals surface area contributed by atoms with Gasteiger partial charge in [0.2, 0.25) is 0 Å². The van der Waals surface area contributed by atoms with Crippen molar-refractivity contribution in [1.29, 1.82) is 0 Å². The first-order valence-electron chi connectivity index (χ1n) is 6.60. The number of rotatable bonds is 10. The molecule has 1 aromatic carbocycles. The van der Waals surface area contributed by atoms with Gasteiger partial charge in [0.25, 0.3) is 0 Å². The lowest BCUT2D eigenvalue weighted by Crippen LogP contribution is -2.15. The number of aliphatic hydroxyl groups excluding tert-OH is 1. The van der Waals surface area contributed by atoms with E-state index in [4.69, 9.17) is 9.84 Å². The standard InChI is InChI=1S/C14H21F2NO3/c1-19-12-6-5-11(9-13(12)20-14(15)16)10-17-7-3-2-4-8-18/h5-6,9,14,17-18H,2-4,7-8,10H2,1H3. The predicted molar refractivity (Wildman–Crippen MR) is 72.3 cm³/mol. The van der Waals surface area contributed by atoms with Crippen LogP contribution < -0.4 is 14.8 Å². The smallest absolute Gasteiger partial charge is 0.387 e. The fraction of sp³-hybridized carbons (Fsp3) is 0.571. The number of hydrogen-bond donors (Lipinski definition) is 2. The highest BCUT2D eigenvalue weighted by Crippen LogP contribution is 2.29. The molecule has 2 N–H and O–H groups in total. The maximum Gasteiger partial charge on any atom is 0.387 e. The van der Waals surface area contributed by atoms with Gasteiger partial charge in [0.1, 0.15) is 0 Å². The molecule has 0 aliphatic rings. The van der Waals surface area contributed by atoms with Gasteiger partial charge < -0.3 is 19.9 Å². The minimum Gasteiger partial charge on any atom is -0.493 e. The topological polar surface area (TPSA) is 50.7 Å². The maximum absolute atomic E-state index is 12.3. The molecule has 0 aliphatic heterocycles. The highest BCUT2D eigenvalue weighted by atomic mass is 19.3. The van der Waals surface area contributed by atoms with Crippen LogP contribution in [0.15, 0.2) is 18.2 Å². The molecule has 20 heavy (non-hydrogen) atoms. The monoisotopic (exact) mass is 289 g/mol. The van der Waals surface area contributed by atoms with Gasteiger partial charge in [-0.2, -0.15) is 8.78 Å². The number of aliphatic hydroxyl groups is 1. The van der Waals surface area contributed by atoms with Crippen molar-refractivity contribution >= 4 is 0 Å². The van der Waals surface area contributed by atoms with Crippen LogP contribution in [0.1, 0.15) is 24.8 Å². The van der Waals surface area contributed by atoms with Crippen molar-refractivity contribution in [3.8, 4) is 11.5 Å². The molecule has 0 aromatic heterocycles. The van der Waals surface area contributed by atoms with Crippen LogP contribution in [0.5, 0.6) is 11.5 Å². The number of hydrogen-bond acceptors (Lipinski definition) is 4. The summed E-state index contributed by atoms with van der Waals surface area (Å²) in [5.74, 6) is 0.332. The largest absolute Gasteiger partial charge is 0.493 e. The van der Waals surface area contributed by atoms with Crippen molar-refractivity contribution in [2.75, 3.05) is 20.3 Å². The molecule has 0 saturated heterocycles. The third-order valence-corrected chi connectivity index (χ3v) is 2.78. The van der Waals surface area contributed by atoms with Crippen LogP contribution in [0.4, 0.5) is 8.78 Å². The Labute approximate surface area is 117 Å². The number of nitrogens with one attached hydrogen (secondary N) is 1. The molecule has 0 saturated carbocycles. The molecular formula is C14H21F2NO3. The summed E-state index contributed by atoms with van der Waals surface area (Å²) in [6, 6.07) is 4.96. The second-order valence-electron chi connectivity index (χ2n) is 4.32. The molecule has 114 valence electrons. The summed E-state index contributed by atoms with van der Waals surface area (Å²) in [6.45, 7) is -1.27. The Kier molecular flexibility index (Phi) is 7.91. The van der Waals surface area contributed by atoms with E-state index in [9.17, 15) is 8.78 Å². The molecule has 0 amide bonds. The molecule has 0 bridgehead atoms. The van der Waals surface area contributed by atoms with Crippen molar-refractivity contribution in [3.05, 3.63) is 23.8 Å². The third kappa shape index (κ3) is 6.16. The SMILES string of the molecule is COc1ccc(CNCCCCCO)cc1OC(F)F. The molecule has 0 heterocycles. The van der Waals surface area contributed by atoms with E-state index in [-0.39, 0.29) is 18.1 Å². The summed E-state index contributed by atoms with van der Waals surface area (Å²) in [4.78, 5) is 0. The van der Waals surface area contributed by atoms with Crippen LogP contribution in [-0.4, -0.2) is 32.0 Å². The molecular weight excluding hydrogens is 268 g/mol. The molecule has 0 fully saturated rings. The zero-order chi connectivity index (χ0) is 14.8. The molecule has 4 nitrogen and oxygen atoms in total. The van der Waals surface area contributed by atoms with Crippen molar-refractivity contribution < 1.29 is 23.4 Å². The summed E-state index contributed by atoms with van der Waals surface area (Å²) < 4.78 is 34.0. The number of halogens is 2. The summed E-state index contributed by atoms with van der Waals surface area (Å²) in [7, 11) is 1.41. The zero-order valence-electron chi connectivity index (χ0n) is 11.6. The van der Waals surface area contributed by atoms with E-state index in [1.807, 2.05) is 0 Å². The van der Waals surface area contributed by atoms with Crippen LogP contribution in [0.25, 0.3) is 0 Å². The van der Waals surface area contributed by atoms with Crippen LogP contribution >= 0.6 is 0 Å². The van der Waals surface area contributed by atoms with Crippen molar-refractivity contribution in [1.82, 2.24) is 5.32 Å². The van der Waals surface area contributed by atoms with Crippen molar-refractivity contribution in [3.63, 3.8) is 0 Å². The van der Waals surface area contributed by atoms with Gasteiger partial charge in [-0.3, -0.25) is 0 Å². The van der Waals surface area contributed by atoms with E-state index in [0.29, 0.717) is 6.54 Å². The Morgan fingerprint density at radius 3 is 2.65 bits per heavy atom. The normalized spacial score (nSPS) is 10.8. The molecule has 1 aromatic rings. The summed E-state index contributed by atoms with van der Waals surface area (Å²) >= 11 is 0. The van der Waals surface area contributed by atoms with Gasteiger partial charge in [0.15, 0.2) is 11.5 Å². The van der Waals surface area contributed by atoms with E-state index in [0.717, 1.165) is 31.4 Å². The van der Waals surface area contributed by atoms with E-state index < -0.39 is 6.61 Å². The first-order valence-corrected chi connectivity index (χ1v) is 6.60. The second kappa shape index (κ2) is 9.50. The van der Waals surface area contributed by atoms with Crippen molar-refractivity contribution in [2.45, 2.75) is 32.4 Å². The van der Waals surface area contributed by atoms with Gasteiger partial charge in [0.05, 0.1) is 7.11 Å². The van der Waals surface area contributed by atoms with E-state index in [2.05, 4.69) is 10.1 Å². The molecule has 0 aliphatic carbocycles. The van der Waals surface area contributed by atoms with Crippen LogP contribution in [0, 0.1) is 0 Å². The van der Waals surface area contributed by atoms with Gasteiger partial charge >= 0.3 is 6.61 Å². The maximum atomic E-state index is 12.3. The molecule has 0 radical (unpaired) electrons. The third-order valence-electron chi connectivity index (χ3n) is 2.78. The first-order chi connectivity index (χ1) is 9.67. The molecule has 1 rings (SSSR count). The van der Waals surface area contributed by atoms with Gasteiger partial charge in [0, 0.05) is 13.2 Å². The lowest BCUT2D eigenvalue weighted by Gasteiger charge is -2.12. The lowest BCUT2D eigenvalue weighted by molar-refractivity contribution is -0.0512. The first kappa shape index (κ1) is 16.7. The number of benzene rings is 1. The van der Waals surface area contributed by atoms with Crippen LogP contribution in [-0.2, 0) is 6.54 Å².